The second-order valence-corrected chi connectivity index (χ2v) is 5.78. The third-order valence-corrected chi connectivity index (χ3v) is 4.40. The van der Waals surface area contributed by atoms with Gasteiger partial charge in [-0.15, -0.1) is 0 Å². The van der Waals surface area contributed by atoms with Crippen LogP contribution in [0.4, 0.5) is 5.82 Å². The number of anilines is 1. The van der Waals surface area contributed by atoms with Gasteiger partial charge in [-0.1, -0.05) is 19.9 Å². The number of carbonyl (C=O) groups is 1. The molecule has 0 N–H and O–H groups in total. The van der Waals surface area contributed by atoms with Crippen molar-refractivity contribution in [2.24, 2.45) is 0 Å². The Morgan fingerprint density at radius 3 is 2.48 bits per heavy atom. The van der Waals surface area contributed by atoms with Gasteiger partial charge in [0.25, 0.3) is 0 Å². The molecule has 0 unspecified atom stereocenters. The smallest absolute Gasteiger partial charge is 0.236 e. The van der Waals surface area contributed by atoms with Crippen molar-refractivity contribution in [2.75, 3.05) is 50.7 Å². The summed E-state index contributed by atoms with van der Waals surface area (Å²) >= 11 is 0. The standard InChI is InChI=1S/C17H25N5O/c1-4-20(5-2)13-17(23)22-10-8-21(9-11-22)16-7-6-14(3)15(12-18)19-16/h6-7H,4-5,8-11,13H2,1-3H3. The predicted molar refractivity (Wildman–Crippen MR) is 90.3 cm³/mol. The molecule has 1 aromatic rings. The summed E-state index contributed by atoms with van der Waals surface area (Å²) in [6, 6.07) is 6.01. The molecule has 1 aliphatic rings. The molecule has 124 valence electrons. The first-order chi connectivity index (χ1) is 11.1. The fourth-order valence-corrected chi connectivity index (χ4v) is 2.73. The number of rotatable bonds is 5. The van der Waals surface area contributed by atoms with Crippen LogP contribution < -0.4 is 4.90 Å². The quantitative estimate of drug-likeness (QED) is 0.818. The van der Waals surface area contributed by atoms with Gasteiger partial charge in [0.15, 0.2) is 0 Å². The molecule has 0 aliphatic carbocycles. The molecule has 0 radical (unpaired) electrons. The summed E-state index contributed by atoms with van der Waals surface area (Å²) in [4.78, 5) is 22.9. The van der Waals surface area contributed by atoms with Gasteiger partial charge in [0.1, 0.15) is 17.6 Å². The van der Waals surface area contributed by atoms with E-state index in [9.17, 15) is 4.79 Å². The fraction of sp³-hybridized carbons (Fsp3) is 0.588. The Balaban J connectivity index is 1.93. The molecular weight excluding hydrogens is 290 g/mol. The third kappa shape index (κ3) is 4.20. The number of amides is 1. The minimum absolute atomic E-state index is 0.197. The number of nitriles is 1. The second kappa shape index (κ2) is 7.93. The Morgan fingerprint density at radius 2 is 1.91 bits per heavy atom. The lowest BCUT2D eigenvalue weighted by Gasteiger charge is -2.36. The van der Waals surface area contributed by atoms with Crippen molar-refractivity contribution in [3.8, 4) is 6.07 Å². The summed E-state index contributed by atoms with van der Waals surface area (Å²) < 4.78 is 0. The number of hydrogen-bond donors (Lipinski definition) is 0. The van der Waals surface area contributed by atoms with E-state index in [1.165, 1.54) is 0 Å². The molecule has 1 aliphatic heterocycles. The molecule has 0 aromatic carbocycles. The molecule has 2 rings (SSSR count). The van der Waals surface area contributed by atoms with Crippen LogP contribution in [-0.2, 0) is 4.79 Å². The summed E-state index contributed by atoms with van der Waals surface area (Å²) in [5, 5.41) is 9.10. The Labute approximate surface area is 138 Å². The zero-order chi connectivity index (χ0) is 16.8. The molecule has 0 atom stereocenters. The molecule has 6 heteroatoms. The number of hydrogen-bond acceptors (Lipinski definition) is 5. The molecule has 1 aromatic heterocycles. The summed E-state index contributed by atoms with van der Waals surface area (Å²) in [5.74, 6) is 1.02. The zero-order valence-electron chi connectivity index (χ0n) is 14.2. The summed E-state index contributed by atoms with van der Waals surface area (Å²) in [6.45, 7) is 11.2. The highest BCUT2D eigenvalue weighted by Gasteiger charge is 2.23. The molecule has 1 amide bonds. The first-order valence-electron chi connectivity index (χ1n) is 8.21. The van der Waals surface area contributed by atoms with Crippen molar-refractivity contribution < 1.29 is 4.79 Å². The highest BCUT2D eigenvalue weighted by Crippen LogP contribution is 2.16. The van der Waals surface area contributed by atoms with Crippen LogP contribution in [0, 0.1) is 18.3 Å². The van der Waals surface area contributed by atoms with E-state index in [1.54, 1.807) is 0 Å². The van der Waals surface area contributed by atoms with E-state index in [0.717, 1.165) is 37.6 Å². The average Bonchev–Trinajstić information content (AvgIpc) is 2.60. The zero-order valence-corrected chi connectivity index (χ0v) is 14.2. The minimum Gasteiger partial charge on any atom is -0.353 e. The number of nitrogens with zero attached hydrogens (tertiary/aromatic N) is 5. The summed E-state index contributed by atoms with van der Waals surface area (Å²) in [6.07, 6.45) is 0. The van der Waals surface area contributed by atoms with Gasteiger partial charge in [0.2, 0.25) is 5.91 Å². The lowest BCUT2D eigenvalue weighted by Crippen LogP contribution is -2.51. The van der Waals surface area contributed by atoms with Gasteiger partial charge in [0, 0.05) is 26.2 Å². The van der Waals surface area contributed by atoms with E-state index >= 15 is 0 Å². The Hall–Kier alpha value is -2.13. The van der Waals surface area contributed by atoms with Crippen LogP contribution in [0.25, 0.3) is 0 Å². The largest absolute Gasteiger partial charge is 0.353 e. The van der Waals surface area contributed by atoms with E-state index in [1.807, 2.05) is 24.0 Å². The highest BCUT2D eigenvalue weighted by molar-refractivity contribution is 5.78. The maximum Gasteiger partial charge on any atom is 0.236 e. The van der Waals surface area contributed by atoms with E-state index in [0.29, 0.717) is 25.3 Å². The van der Waals surface area contributed by atoms with Crippen molar-refractivity contribution in [3.63, 3.8) is 0 Å². The lowest BCUT2D eigenvalue weighted by molar-refractivity contribution is -0.132. The number of aromatic nitrogens is 1. The molecule has 2 heterocycles. The topological polar surface area (TPSA) is 63.5 Å². The van der Waals surface area contributed by atoms with Crippen molar-refractivity contribution >= 4 is 11.7 Å². The molecule has 1 fully saturated rings. The molecular formula is C17H25N5O. The maximum atomic E-state index is 12.3. The van der Waals surface area contributed by atoms with Crippen LogP contribution in [0.2, 0.25) is 0 Å². The van der Waals surface area contributed by atoms with Gasteiger partial charge in [-0.25, -0.2) is 4.98 Å². The SMILES string of the molecule is CCN(CC)CC(=O)N1CCN(c2ccc(C)c(C#N)n2)CC1. The predicted octanol–water partition coefficient (Wildman–Crippen LogP) is 1.25. The molecule has 0 saturated carbocycles. The van der Waals surface area contributed by atoms with Crippen LogP contribution in [0.1, 0.15) is 25.1 Å². The first kappa shape index (κ1) is 17.2. The second-order valence-electron chi connectivity index (χ2n) is 5.78. The van der Waals surface area contributed by atoms with Crippen LogP contribution in [0.15, 0.2) is 12.1 Å². The Bertz CT molecular complexity index is 583. The van der Waals surface area contributed by atoms with Gasteiger partial charge in [-0.05, 0) is 31.6 Å². The van der Waals surface area contributed by atoms with E-state index in [-0.39, 0.29) is 5.91 Å². The van der Waals surface area contributed by atoms with Gasteiger partial charge < -0.3 is 9.80 Å². The third-order valence-electron chi connectivity index (χ3n) is 4.40. The summed E-state index contributed by atoms with van der Waals surface area (Å²) in [7, 11) is 0. The van der Waals surface area contributed by atoms with Gasteiger partial charge >= 0.3 is 0 Å². The number of aryl methyl sites for hydroxylation is 1. The Kier molecular flexibility index (Phi) is 5.94. The number of pyridine rings is 1. The minimum atomic E-state index is 0.197. The van der Waals surface area contributed by atoms with Crippen molar-refractivity contribution in [3.05, 3.63) is 23.4 Å². The molecule has 6 nitrogen and oxygen atoms in total. The van der Waals surface area contributed by atoms with Crippen molar-refractivity contribution in [2.45, 2.75) is 20.8 Å². The molecule has 1 saturated heterocycles. The normalized spacial score (nSPS) is 14.9. The van der Waals surface area contributed by atoms with Crippen LogP contribution in [-0.4, -0.2) is 66.5 Å². The number of carbonyl (C=O) groups excluding carboxylic acids is 1. The van der Waals surface area contributed by atoms with Crippen LogP contribution in [0.3, 0.4) is 0 Å². The van der Waals surface area contributed by atoms with E-state index < -0.39 is 0 Å². The number of likely N-dealkylation sites (N-methyl/N-ethyl adjacent to an activating group) is 1. The first-order valence-corrected chi connectivity index (χ1v) is 8.21. The lowest BCUT2D eigenvalue weighted by atomic mass is 10.2. The van der Waals surface area contributed by atoms with Gasteiger partial charge in [0.05, 0.1) is 6.54 Å². The fourth-order valence-electron chi connectivity index (χ4n) is 2.73. The summed E-state index contributed by atoms with van der Waals surface area (Å²) in [5.41, 5.74) is 1.37. The van der Waals surface area contributed by atoms with Crippen LogP contribution in [0.5, 0.6) is 0 Å². The maximum absolute atomic E-state index is 12.3. The van der Waals surface area contributed by atoms with Gasteiger partial charge in [-0.2, -0.15) is 5.26 Å². The van der Waals surface area contributed by atoms with Crippen LogP contribution >= 0.6 is 0 Å². The Morgan fingerprint density at radius 1 is 1.26 bits per heavy atom. The van der Waals surface area contributed by atoms with Crippen molar-refractivity contribution in [1.29, 1.82) is 5.26 Å². The monoisotopic (exact) mass is 315 g/mol. The molecule has 23 heavy (non-hydrogen) atoms. The molecule has 0 bridgehead atoms. The molecule has 0 spiro atoms. The van der Waals surface area contributed by atoms with E-state index in [2.05, 4.69) is 34.7 Å². The number of piperazine rings is 1. The highest BCUT2D eigenvalue weighted by atomic mass is 16.2. The van der Waals surface area contributed by atoms with E-state index in [4.69, 9.17) is 5.26 Å². The van der Waals surface area contributed by atoms with Gasteiger partial charge in [-0.3, -0.25) is 9.69 Å². The average molecular weight is 315 g/mol. The van der Waals surface area contributed by atoms with Crippen molar-refractivity contribution in [1.82, 2.24) is 14.8 Å².